The van der Waals surface area contributed by atoms with Gasteiger partial charge in [-0.3, -0.25) is 9.36 Å². The maximum atomic E-state index is 12.5. The lowest BCUT2D eigenvalue weighted by Gasteiger charge is -2.14. The molecule has 1 aromatic heterocycles. The number of halogens is 2. The van der Waals surface area contributed by atoms with E-state index < -0.39 is 6.10 Å². The van der Waals surface area contributed by atoms with Crippen LogP contribution in [-0.4, -0.2) is 27.4 Å². The van der Waals surface area contributed by atoms with Crippen molar-refractivity contribution in [1.29, 1.82) is 0 Å². The van der Waals surface area contributed by atoms with Gasteiger partial charge < -0.3 is 9.84 Å². The minimum atomic E-state index is -0.868. The number of rotatable bonds is 5. The van der Waals surface area contributed by atoms with Gasteiger partial charge in [-0.15, -0.1) is 0 Å². The quantitative estimate of drug-likeness (QED) is 0.738. The second kappa shape index (κ2) is 7.44. The highest BCUT2D eigenvalue weighted by Crippen LogP contribution is 2.24. The fraction of sp³-hybridized carbons (Fsp3) is 0.222. The third-order valence-electron chi connectivity index (χ3n) is 3.69. The lowest BCUT2D eigenvalue weighted by Crippen LogP contribution is -2.30. The summed E-state index contributed by atoms with van der Waals surface area (Å²) in [7, 11) is 0. The summed E-state index contributed by atoms with van der Waals surface area (Å²) in [5.41, 5.74) is 1.14. The number of hydrogen-bond donors (Lipinski definition) is 1. The van der Waals surface area contributed by atoms with Crippen LogP contribution >= 0.6 is 23.2 Å². The third kappa shape index (κ3) is 4.12. The van der Waals surface area contributed by atoms with Gasteiger partial charge in [-0.1, -0.05) is 35.3 Å². The fourth-order valence-electron chi connectivity index (χ4n) is 2.50. The van der Waals surface area contributed by atoms with Crippen molar-refractivity contribution in [2.24, 2.45) is 0 Å². The molecule has 5 nitrogen and oxygen atoms in total. The number of aliphatic hydroxyl groups is 1. The summed E-state index contributed by atoms with van der Waals surface area (Å²) in [6.45, 7) is 2.07. The molecule has 0 spiro atoms. The average Bonchev–Trinajstić information content (AvgIpc) is 2.56. The van der Waals surface area contributed by atoms with Crippen molar-refractivity contribution in [3.63, 3.8) is 0 Å². The van der Waals surface area contributed by atoms with E-state index in [0.29, 0.717) is 26.7 Å². The van der Waals surface area contributed by atoms with Gasteiger partial charge in [0.25, 0.3) is 5.56 Å². The first kappa shape index (κ1) is 17.7. The van der Waals surface area contributed by atoms with Crippen LogP contribution in [0.4, 0.5) is 0 Å². The van der Waals surface area contributed by atoms with Crippen molar-refractivity contribution in [2.45, 2.75) is 19.6 Å². The number of fused-ring (bicyclic) bond motifs is 1. The predicted octanol–water partition coefficient (Wildman–Crippen LogP) is 3.45. The molecule has 0 bridgehead atoms. The molecule has 0 unspecified atom stereocenters. The molecular weight excluding hydrogens is 363 g/mol. The van der Waals surface area contributed by atoms with E-state index in [9.17, 15) is 9.90 Å². The van der Waals surface area contributed by atoms with E-state index in [1.807, 2.05) is 31.2 Å². The summed E-state index contributed by atoms with van der Waals surface area (Å²) in [6.07, 6.45) is 0.493. The van der Waals surface area contributed by atoms with Crippen molar-refractivity contribution >= 4 is 34.1 Å². The van der Waals surface area contributed by atoms with Crippen LogP contribution in [0.1, 0.15) is 5.56 Å². The second-order valence-corrected chi connectivity index (χ2v) is 6.61. The third-order valence-corrected chi connectivity index (χ3v) is 4.19. The van der Waals surface area contributed by atoms with Crippen molar-refractivity contribution in [1.82, 2.24) is 9.55 Å². The molecule has 0 amide bonds. The number of aryl methyl sites for hydroxylation is 1. The van der Waals surface area contributed by atoms with Crippen molar-refractivity contribution in [3.8, 4) is 5.75 Å². The van der Waals surface area contributed by atoms with Gasteiger partial charge in [-0.05, 0) is 36.8 Å². The highest BCUT2D eigenvalue weighted by atomic mass is 35.5. The van der Waals surface area contributed by atoms with Gasteiger partial charge >= 0.3 is 0 Å². The molecule has 1 atom stereocenters. The van der Waals surface area contributed by atoms with Crippen LogP contribution in [-0.2, 0) is 6.54 Å². The van der Waals surface area contributed by atoms with E-state index in [4.69, 9.17) is 27.9 Å². The van der Waals surface area contributed by atoms with Crippen LogP contribution < -0.4 is 10.3 Å². The van der Waals surface area contributed by atoms with E-state index in [2.05, 4.69) is 4.98 Å². The van der Waals surface area contributed by atoms with Crippen LogP contribution in [0.3, 0.4) is 0 Å². The molecule has 0 saturated heterocycles. The summed E-state index contributed by atoms with van der Waals surface area (Å²) in [4.78, 5) is 16.7. The highest BCUT2D eigenvalue weighted by Gasteiger charge is 2.12. The normalized spacial score (nSPS) is 12.3. The Morgan fingerprint density at radius 2 is 2.08 bits per heavy atom. The molecule has 0 aliphatic rings. The average molecular weight is 379 g/mol. The maximum Gasteiger partial charge on any atom is 0.261 e. The zero-order valence-corrected chi connectivity index (χ0v) is 15.0. The molecule has 25 heavy (non-hydrogen) atoms. The summed E-state index contributed by atoms with van der Waals surface area (Å²) in [5.74, 6) is 0.668. The number of benzene rings is 2. The Bertz CT molecular complexity index is 972. The molecule has 3 aromatic rings. The van der Waals surface area contributed by atoms with Gasteiger partial charge in [0.15, 0.2) is 0 Å². The van der Waals surface area contributed by atoms with Crippen LogP contribution in [0, 0.1) is 6.92 Å². The van der Waals surface area contributed by atoms with Crippen molar-refractivity contribution in [3.05, 3.63) is 68.7 Å². The number of nitrogens with zero attached hydrogens (tertiary/aromatic N) is 2. The number of aliphatic hydroxyl groups excluding tert-OH is 1. The molecular formula is C18H16Cl2N2O3. The van der Waals surface area contributed by atoms with Gasteiger partial charge in [0.2, 0.25) is 0 Å². The topological polar surface area (TPSA) is 64.3 Å². The SMILES string of the molecule is Cc1cccc(OC[C@H](O)Cn2cnc3c(Cl)cc(Cl)cc3c2=O)c1. The molecule has 3 rings (SSSR count). The zero-order chi connectivity index (χ0) is 18.0. The number of aromatic nitrogens is 2. The van der Waals surface area contributed by atoms with Gasteiger partial charge in [0, 0.05) is 5.02 Å². The Hall–Kier alpha value is -2.08. The van der Waals surface area contributed by atoms with E-state index in [1.54, 1.807) is 0 Å². The van der Waals surface area contributed by atoms with Crippen LogP contribution in [0.2, 0.25) is 10.0 Å². The Labute approximate surface area is 154 Å². The standard InChI is InChI=1S/C18H16Cl2N2O3/c1-11-3-2-4-14(5-11)25-9-13(23)8-22-10-21-17-15(18(22)24)6-12(19)7-16(17)20/h2-7,10,13,23H,8-9H2,1H3/t13-/m1/s1. The van der Waals surface area contributed by atoms with Gasteiger partial charge in [-0.25, -0.2) is 4.98 Å². The maximum absolute atomic E-state index is 12.5. The summed E-state index contributed by atoms with van der Waals surface area (Å²) in [5, 5.41) is 11.2. The lowest BCUT2D eigenvalue weighted by molar-refractivity contribution is 0.0914. The number of ether oxygens (including phenoxy) is 1. The largest absolute Gasteiger partial charge is 0.491 e. The Balaban J connectivity index is 1.76. The Morgan fingerprint density at radius 1 is 1.28 bits per heavy atom. The molecule has 0 fully saturated rings. The molecule has 0 aliphatic heterocycles. The highest BCUT2D eigenvalue weighted by molar-refractivity contribution is 6.38. The van der Waals surface area contributed by atoms with Crippen molar-refractivity contribution in [2.75, 3.05) is 6.61 Å². The molecule has 0 saturated carbocycles. The van der Waals surface area contributed by atoms with E-state index in [0.717, 1.165) is 5.56 Å². The minimum Gasteiger partial charge on any atom is -0.491 e. The van der Waals surface area contributed by atoms with Gasteiger partial charge in [-0.2, -0.15) is 0 Å². The van der Waals surface area contributed by atoms with E-state index in [1.165, 1.54) is 23.0 Å². The van der Waals surface area contributed by atoms with Gasteiger partial charge in [0.05, 0.1) is 28.8 Å². The Kier molecular flexibility index (Phi) is 5.27. The molecule has 1 heterocycles. The first-order chi connectivity index (χ1) is 11.9. The Morgan fingerprint density at radius 3 is 2.84 bits per heavy atom. The smallest absolute Gasteiger partial charge is 0.261 e. The first-order valence-electron chi connectivity index (χ1n) is 7.66. The molecule has 7 heteroatoms. The fourth-order valence-corrected chi connectivity index (χ4v) is 3.04. The summed E-state index contributed by atoms with van der Waals surface area (Å²) in [6, 6.07) is 10.6. The zero-order valence-electron chi connectivity index (χ0n) is 13.4. The molecule has 0 aliphatic carbocycles. The molecule has 1 N–H and O–H groups in total. The van der Waals surface area contributed by atoms with Crippen LogP contribution in [0.15, 0.2) is 47.5 Å². The van der Waals surface area contributed by atoms with Crippen LogP contribution in [0.25, 0.3) is 10.9 Å². The monoisotopic (exact) mass is 378 g/mol. The minimum absolute atomic E-state index is 0.0533. The van der Waals surface area contributed by atoms with Crippen LogP contribution in [0.5, 0.6) is 5.75 Å². The lowest BCUT2D eigenvalue weighted by atomic mass is 10.2. The molecule has 2 aromatic carbocycles. The predicted molar refractivity (Wildman–Crippen MR) is 98.7 cm³/mol. The molecule has 130 valence electrons. The first-order valence-corrected chi connectivity index (χ1v) is 8.41. The van der Waals surface area contributed by atoms with E-state index in [-0.39, 0.29) is 18.7 Å². The van der Waals surface area contributed by atoms with Crippen molar-refractivity contribution < 1.29 is 9.84 Å². The summed E-state index contributed by atoms with van der Waals surface area (Å²) < 4.78 is 6.88. The van der Waals surface area contributed by atoms with E-state index >= 15 is 0 Å². The van der Waals surface area contributed by atoms with Gasteiger partial charge in [0.1, 0.15) is 18.5 Å². The summed E-state index contributed by atoms with van der Waals surface area (Å²) >= 11 is 12.0. The molecule has 0 radical (unpaired) electrons. The second-order valence-electron chi connectivity index (χ2n) is 5.77. The number of hydrogen-bond acceptors (Lipinski definition) is 4.